The Bertz CT molecular complexity index is 702. The monoisotopic (exact) mass is 341 g/mol. The lowest BCUT2D eigenvalue weighted by Crippen LogP contribution is -2.34. The van der Waals surface area contributed by atoms with Crippen LogP contribution in [0.1, 0.15) is 18.5 Å². The van der Waals surface area contributed by atoms with Crippen molar-refractivity contribution in [2.24, 2.45) is 0 Å². The molecule has 2 N–H and O–H groups in total. The molecule has 0 aromatic heterocycles. The summed E-state index contributed by atoms with van der Waals surface area (Å²) >= 11 is 0. The van der Waals surface area contributed by atoms with Crippen molar-refractivity contribution in [3.8, 4) is 0 Å². The van der Waals surface area contributed by atoms with Crippen molar-refractivity contribution in [1.29, 1.82) is 0 Å². The molecular formula is C19H23N3O3. The number of benzene rings is 2. The Kier molecular flexibility index (Phi) is 6.54. The number of carbonyl (C=O) groups excluding carboxylic acids is 2. The van der Waals surface area contributed by atoms with Crippen LogP contribution in [0.5, 0.6) is 0 Å². The van der Waals surface area contributed by atoms with Gasteiger partial charge in [0, 0.05) is 11.4 Å². The Morgan fingerprint density at radius 1 is 1.00 bits per heavy atom. The molecule has 1 unspecified atom stereocenters. The first kappa shape index (κ1) is 18.5. The van der Waals surface area contributed by atoms with E-state index in [-0.39, 0.29) is 11.9 Å². The molecule has 0 aliphatic rings. The van der Waals surface area contributed by atoms with Gasteiger partial charge in [-0.25, -0.2) is 4.79 Å². The predicted molar refractivity (Wildman–Crippen MR) is 98.6 cm³/mol. The van der Waals surface area contributed by atoms with Crippen LogP contribution in [0, 0.1) is 0 Å². The number of anilines is 2. The van der Waals surface area contributed by atoms with Crippen molar-refractivity contribution in [3.05, 3.63) is 60.2 Å². The van der Waals surface area contributed by atoms with Crippen molar-refractivity contribution in [2.45, 2.75) is 13.0 Å². The minimum Gasteiger partial charge on any atom is -0.453 e. The molecule has 6 heteroatoms. The fraction of sp³-hybridized carbons (Fsp3) is 0.263. The zero-order valence-electron chi connectivity index (χ0n) is 14.7. The predicted octanol–water partition coefficient (Wildman–Crippen LogP) is 3.50. The third kappa shape index (κ3) is 5.06. The molecule has 0 saturated carbocycles. The maximum absolute atomic E-state index is 12.8. The maximum atomic E-state index is 12.8. The summed E-state index contributed by atoms with van der Waals surface area (Å²) in [6.45, 7) is 2.76. The van der Waals surface area contributed by atoms with Crippen LogP contribution in [0.15, 0.2) is 54.6 Å². The highest BCUT2D eigenvalue weighted by Gasteiger charge is 2.24. The molecule has 0 radical (unpaired) electrons. The summed E-state index contributed by atoms with van der Waals surface area (Å²) in [5.41, 5.74) is 2.19. The van der Waals surface area contributed by atoms with Gasteiger partial charge in [0.15, 0.2) is 0 Å². The van der Waals surface area contributed by atoms with Crippen molar-refractivity contribution < 1.29 is 14.3 Å². The summed E-state index contributed by atoms with van der Waals surface area (Å²) < 4.78 is 4.54. The zero-order chi connectivity index (χ0) is 18.2. The lowest BCUT2D eigenvalue weighted by molar-refractivity contribution is -0.121. The molecule has 0 bridgehead atoms. The van der Waals surface area contributed by atoms with Gasteiger partial charge in [-0.15, -0.1) is 0 Å². The summed E-state index contributed by atoms with van der Waals surface area (Å²) in [5.74, 6) is -0.107. The van der Waals surface area contributed by atoms with Crippen molar-refractivity contribution in [1.82, 2.24) is 4.90 Å². The molecule has 0 fully saturated rings. The second-order valence-corrected chi connectivity index (χ2v) is 5.57. The molecule has 0 spiro atoms. The van der Waals surface area contributed by atoms with Gasteiger partial charge in [-0.1, -0.05) is 37.3 Å². The number of likely N-dealkylation sites (N-methyl/N-ethyl adjacent to an activating group) is 1. The lowest BCUT2D eigenvalue weighted by atomic mass is 10.0. The summed E-state index contributed by atoms with van der Waals surface area (Å²) in [6, 6.07) is 16.2. The van der Waals surface area contributed by atoms with E-state index in [0.717, 1.165) is 12.1 Å². The molecule has 2 rings (SSSR count). The van der Waals surface area contributed by atoms with E-state index in [0.29, 0.717) is 11.4 Å². The van der Waals surface area contributed by atoms with Gasteiger partial charge in [-0.05, 0) is 43.4 Å². The number of nitrogens with zero attached hydrogens (tertiary/aromatic N) is 1. The number of rotatable bonds is 6. The van der Waals surface area contributed by atoms with E-state index in [1.165, 1.54) is 7.11 Å². The highest BCUT2D eigenvalue weighted by molar-refractivity contribution is 5.96. The largest absolute Gasteiger partial charge is 0.453 e. The molecule has 2 amide bonds. The molecule has 2 aromatic rings. The van der Waals surface area contributed by atoms with E-state index in [4.69, 9.17) is 0 Å². The molecule has 132 valence electrons. The second-order valence-electron chi connectivity index (χ2n) is 5.57. The van der Waals surface area contributed by atoms with Gasteiger partial charge in [-0.3, -0.25) is 15.0 Å². The van der Waals surface area contributed by atoms with Crippen LogP contribution in [-0.2, 0) is 9.53 Å². The molecule has 25 heavy (non-hydrogen) atoms. The first-order valence-corrected chi connectivity index (χ1v) is 8.06. The lowest BCUT2D eigenvalue weighted by Gasteiger charge is -2.26. The van der Waals surface area contributed by atoms with Gasteiger partial charge in [0.2, 0.25) is 5.91 Å². The van der Waals surface area contributed by atoms with E-state index in [1.54, 1.807) is 24.3 Å². The minimum absolute atomic E-state index is 0.107. The second kappa shape index (κ2) is 8.84. The SMILES string of the molecule is CCN(C)C(C(=O)Nc1ccc(NC(=O)OC)cc1)c1ccccc1. The standard InChI is InChI=1S/C19H23N3O3/c1-4-22(2)17(14-8-6-5-7-9-14)18(23)20-15-10-12-16(13-11-15)21-19(24)25-3/h5-13,17H,4H2,1-3H3,(H,20,23)(H,21,24). The molecule has 0 saturated heterocycles. The topological polar surface area (TPSA) is 70.7 Å². The van der Waals surface area contributed by atoms with E-state index >= 15 is 0 Å². The summed E-state index contributed by atoms with van der Waals surface area (Å²) in [7, 11) is 3.22. The molecule has 0 aliphatic carbocycles. The van der Waals surface area contributed by atoms with Crippen LogP contribution >= 0.6 is 0 Å². The Morgan fingerprint density at radius 3 is 2.08 bits per heavy atom. The third-order valence-electron chi connectivity index (χ3n) is 3.89. The van der Waals surface area contributed by atoms with Crippen molar-refractivity contribution in [2.75, 3.05) is 31.3 Å². The van der Waals surface area contributed by atoms with E-state index in [2.05, 4.69) is 15.4 Å². The van der Waals surface area contributed by atoms with E-state index in [1.807, 2.05) is 49.2 Å². The molecule has 0 aliphatic heterocycles. The average Bonchev–Trinajstić information content (AvgIpc) is 2.64. The number of hydrogen-bond donors (Lipinski definition) is 2. The van der Waals surface area contributed by atoms with Crippen LogP contribution in [0.25, 0.3) is 0 Å². The van der Waals surface area contributed by atoms with Crippen LogP contribution in [0.3, 0.4) is 0 Å². The summed E-state index contributed by atoms with van der Waals surface area (Å²) in [4.78, 5) is 26.0. The number of methoxy groups -OCH3 is 1. The quantitative estimate of drug-likeness (QED) is 0.844. The van der Waals surface area contributed by atoms with Gasteiger partial charge < -0.3 is 10.1 Å². The number of amides is 2. The molecule has 0 heterocycles. The van der Waals surface area contributed by atoms with E-state index in [9.17, 15) is 9.59 Å². The highest BCUT2D eigenvalue weighted by Crippen LogP contribution is 2.22. The van der Waals surface area contributed by atoms with Gasteiger partial charge in [-0.2, -0.15) is 0 Å². The molecular weight excluding hydrogens is 318 g/mol. The summed E-state index contributed by atoms with van der Waals surface area (Å²) in [6.07, 6.45) is -0.537. The summed E-state index contributed by atoms with van der Waals surface area (Å²) in [5, 5.41) is 5.49. The van der Waals surface area contributed by atoms with Gasteiger partial charge in [0.25, 0.3) is 0 Å². The Hall–Kier alpha value is -2.86. The number of nitrogens with one attached hydrogen (secondary N) is 2. The Balaban J connectivity index is 2.11. The van der Waals surface area contributed by atoms with Gasteiger partial charge >= 0.3 is 6.09 Å². The molecule has 1 atom stereocenters. The molecule has 6 nitrogen and oxygen atoms in total. The normalized spacial score (nSPS) is 11.7. The van der Waals surface area contributed by atoms with E-state index < -0.39 is 6.09 Å². The highest BCUT2D eigenvalue weighted by atomic mass is 16.5. The first-order valence-electron chi connectivity index (χ1n) is 8.06. The first-order chi connectivity index (χ1) is 12.0. The third-order valence-corrected chi connectivity index (χ3v) is 3.89. The number of carbonyl (C=O) groups is 2. The van der Waals surface area contributed by atoms with Crippen LogP contribution in [0.4, 0.5) is 16.2 Å². The molecule has 2 aromatic carbocycles. The Morgan fingerprint density at radius 2 is 1.56 bits per heavy atom. The van der Waals surface area contributed by atoms with Crippen molar-refractivity contribution in [3.63, 3.8) is 0 Å². The minimum atomic E-state index is -0.537. The van der Waals surface area contributed by atoms with Crippen LogP contribution < -0.4 is 10.6 Å². The van der Waals surface area contributed by atoms with Crippen LogP contribution in [-0.4, -0.2) is 37.6 Å². The van der Waals surface area contributed by atoms with Crippen molar-refractivity contribution >= 4 is 23.4 Å². The zero-order valence-corrected chi connectivity index (χ0v) is 14.7. The van der Waals surface area contributed by atoms with Crippen LogP contribution in [0.2, 0.25) is 0 Å². The smallest absolute Gasteiger partial charge is 0.411 e. The number of ether oxygens (including phenoxy) is 1. The fourth-order valence-electron chi connectivity index (χ4n) is 2.44. The number of hydrogen-bond acceptors (Lipinski definition) is 4. The Labute approximate surface area is 147 Å². The average molecular weight is 341 g/mol. The fourth-order valence-corrected chi connectivity index (χ4v) is 2.44. The van der Waals surface area contributed by atoms with Gasteiger partial charge in [0.05, 0.1) is 7.11 Å². The van der Waals surface area contributed by atoms with Gasteiger partial charge in [0.1, 0.15) is 6.04 Å². The maximum Gasteiger partial charge on any atom is 0.411 e.